The third-order valence-electron chi connectivity index (χ3n) is 3.60. The van der Waals surface area contributed by atoms with E-state index in [1.807, 2.05) is 19.1 Å². The number of pyridine rings is 1. The normalized spacial score (nSPS) is 11.6. The monoisotopic (exact) mass is 299 g/mol. The van der Waals surface area contributed by atoms with E-state index in [0.717, 1.165) is 35.4 Å². The van der Waals surface area contributed by atoms with Crippen LogP contribution in [0, 0.1) is 12.3 Å². The molecule has 1 aromatic heterocycles. The van der Waals surface area contributed by atoms with Gasteiger partial charge in [0.2, 0.25) is 0 Å². The Bertz CT molecular complexity index is 353. The Hall–Kier alpha value is -0.610. The number of hydrogen-bond acceptors (Lipinski definition) is 3. The van der Waals surface area contributed by atoms with Gasteiger partial charge < -0.3 is 11.1 Å². The molecule has 0 saturated heterocycles. The van der Waals surface area contributed by atoms with Crippen molar-refractivity contribution in [1.82, 2.24) is 4.98 Å². The first-order chi connectivity index (χ1) is 8.06. The molecule has 3 N–H and O–H groups in total. The maximum atomic E-state index is 5.88. The third kappa shape index (κ3) is 3.68. The van der Waals surface area contributed by atoms with Gasteiger partial charge in [-0.1, -0.05) is 13.8 Å². The Morgan fingerprint density at radius 2 is 2.00 bits per heavy atom. The first-order valence-electron chi connectivity index (χ1n) is 6.14. The molecule has 1 aromatic rings. The Kier molecular flexibility index (Phi) is 5.40. The van der Waals surface area contributed by atoms with Crippen LogP contribution in [0.3, 0.4) is 0 Å². The van der Waals surface area contributed by atoms with Crippen LogP contribution in [0.4, 0.5) is 5.82 Å². The van der Waals surface area contributed by atoms with Crippen molar-refractivity contribution in [2.75, 3.05) is 18.4 Å². The van der Waals surface area contributed by atoms with Crippen molar-refractivity contribution in [3.05, 3.63) is 22.3 Å². The second kappa shape index (κ2) is 6.36. The zero-order chi connectivity index (χ0) is 12.9. The molecule has 0 aliphatic heterocycles. The molecular formula is C13H22BrN3. The van der Waals surface area contributed by atoms with Gasteiger partial charge >= 0.3 is 0 Å². The molecular weight excluding hydrogens is 278 g/mol. The maximum absolute atomic E-state index is 5.88. The van der Waals surface area contributed by atoms with Gasteiger partial charge in [0.05, 0.1) is 5.69 Å². The quantitative estimate of drug-likeness (QED) is 0.847. The standard InChI is InChI=1S/C13H22BrN3/c1-4-13(5-2,8-15)9-16-12-7-6-11(14)10(3)17-12/h6-7H,4-5,8-9,15H2,1-3H3,(H,16,17). The number of nitrogens with zero attached hydrogens (tertiary/aromatic N) is 1. The van der Waals surface area contributed by atoms with E-state index < -0.39 is 0 Å². The summed E-state index contributed by atoms with van der Waals surface area (Å²) in [5.74, 6) is 0.922. The van der Waals surface area contributed by atoms with E-state index in [1.165, 1.54) is 0 Å². The Labute approximate surface area is 112 Å². The molecule has 0 unspecified atom stereocenters. The van der Waals surface area contributed by atoms with Crippen LogP contribution in [-0.4, -0.2) is 18.1 Å². The molecule has 0 saturated carbocycles. The Morgan fingerprint density at radius 3 is 2.47 bits per heavy atom. The Balaban J connectivity index is 2.68. The molecule has 96 valence electrons. The van der Waals surface area contributed by atoms with Crippen LogP contribution >= 0.6 is 15.9 Å². The Morgan fingerprint density at radius 1 is 1.35 bits per heavy atom. The predicted molar refractivity (Wildman–Crippen MR) is 77.2 cm³/mol. The largest absolute Gasteiger partial charge is 0.369 e. The predicted octanol–water partition coefficient (Wildman–Crippen LogP) is 3.33. The summed E-state index contributed by atoms with van der Waals surface area (Å²) in [6.07, 6.45) is 2.17. The van der Waals surface area contributed by atoms with Crippen LogP contribution in [0.15, 0.2) is 16.6 Å². The molecule has 0 atom stereocenters. The average molecular weight is 300 g/mol. The van der Waals surface area contributed by atoms with Crippen molar-refractivity contribution in [3.8, 4) is 0 Å². The van der Waals surface area contributed by atoms with Gasteiger partial charge in [-0.05, 0) is 59.8 Å². The number of hydrogen-bond donors (Lipinski definition) is 2. The number of aryl methyl sites for hydroxylation is 1. The van der Waals surface area contributed by atoms with E-state index in [2.05, 4.69) is 40.1 Å². The van der Waals surface area contributed by atoms with Crippen molar-refractivity contribution in [1.29, 1.82) is 0 Å². The highest BCUT2D eigenvalue weighted by Gasteiger charge is 2.24. The van der Waals surface area contributed by atoms with E-state index in [1.54, 1.807) is 0 Å². The van der Waals surface area contributed by atoms with E-state index >= 15 is 0 Å². The molecule has 0 spiro atoms. The SMILES string of the molecule is CCC(CC)(CN)CNc1ccc(Br)c(C)n1. The lowest BCUT2D eigenvalue weighted by molar-refractivity contribution is 0.294. The van der Waals surface area contributed by atoms with Gasteiger partial charge in [-0.3, -0.25) is 0 Å². The van der Waals surface area contributed by atoms with Gasteiger partial charge in [0.25, 0.3) is 0 Å². The van der Waals surface area contributed by atoms with E-state index in [4.69, 9.17) is 5.73 Å². The summed E-state index contributed by atoms with van der Waals surface area (Å²) >= 11 is 3.45. The lowest BCUT2D eigenvalue weighted by Gasteiger charge is -2.30. The molecule has 0 aliphatic rings. The number of nitrogens with two attached hydrogens (primary N) is 1. The van der Waals surface area contributed by atoms with Crippen LogP contribution < -0.4 is 11.1 Å². The summed E-state index contributed by atoms with van der Waals surface area (Å²) in [4.78, 5) is 4.48. The molecule has 0 radical (unpaired) electrons. The fourth-order valence-electron chi connectivity index (χ4n) is 1.78. The smallest absolute Gasteiger partial charge is 0.126 e. The van der Waals surface area contributed by atoms with Gasteiger partial charge in [-0.2, -0.15) is 0 Å². The molecule has 3 nitrogen and oxygen atoms in total. The molecule has 0 amide bonds. The van der Waals surface area contributed by atoms with Crippen LogP contribution in [0.2, 0.25) is 0 Å². The van der Waals surface area contributed by atoms with Gasteiger partial charge in [-0.25, -0.2) is 4.98 Å². The topological polar surface area (TPSA) is 50.9 Å². The van der Waals surface area contributed by atoms with Crippen LogP contribution in [0.1, 0.15) is 32.4 Å². The van der Waals surface area contributed by atoms with Gasteiger partial charge in [-0.15, -0.1) is 0 Å². The minimum Gasteiger partial charge on any atom is -0.369 e. The summed E-state index contributed by atoms with van der Waals surface area (Å²) in [5, 5.41) is 3.39. The zero-order valence-electron chi connectivity index (χ0n) is 10.9. The van der Waals surface area contributed by atoms with Crippen LogP contribution in [-0.2, 0) is 0 Å². The van der Waals surface area contributed by atoms with E-state index in [-0.39, 0.29) is 5.41 Å². The minimum atomic E-state index is 0.183. The summed E-state index contributed by atoms with van der Waals surface area (Å²) in [6.45, 7) is 7.97. The second-order valence-electron chi connectivity index (χ2n) is 4.53. The first-order valence-corrected chi connectivity index (χ1v) is 6.93. The highest BCUT2D eigenvalue weighted by molar-refractivity contribution is 9.10. The fourth-order valence-corrected chi connectivity index (χ4v) is 2.00. The summed E-state index contributed by atoms with van der Waals surface area (Å²) < 4.78 is 1.04. The third-order valence-corrected chi connectivity index (χ3v) is 4.44. The van der Waals surface area contributed by atoms with Crippen LogP contribution in [0.25, 0.3) is 0 Å². The number of rotatable bonds is 6. The molecule has 0 aliphatic carbocycles. The van der Waals surface area contributed by atoms with Crippen molar-refractivity contribution in [2.24, 2.45) is 11.1 Å². The first kappa shape index (κ1) is 14.5. The number of anilines is 1. The maximum Gasteiger partial charge on any atom is 0.126 e. The van der Waals surface area contributed by atoms with E-state index in [0.29, 0.717) is 6.54 Å². The van der Waals surface area contributed by atoms with Crippen molar-refractivity contribution in [2.45, 2.75) is 33.6 Å². The highest BCUT2D eigenvalue weighted by Crippen LogP contribution is 2.25. The summed E-state index contributed by atoms with van der Waals surface area (Å²) in [5.41, 5.74) is 7.06. The van der Waals surface area contributed by atoms with Crippen LogP contribution in [0.5, 0.6) is 0 Å². The summed E-state index contributed by atoms with van der Waals surface area (Å²) in [6, 6.07) is 4.01. The summed E-state index contributed by atoms with van der Waals surface area (Å²) in [7, 11) is 0. The molecule has 1 rings (SSSR count). The van der Waals surface area contributed by atoms with Gasteiger partial charge in [0, 0.05) is 11.0 Å². The lowest BCUT2D eigenvalue weighted by Crippen LogP contribution is -2.36. The zero-order valence-corrected chi connectivity index (χ0v) is 12.5. The lowest BCUT2D eigenvalue weighted by atomic mass is 9.82. The molecule has 0 bridgehead atoms. The number of aromatic nitrogens is 1. The van der Waals surface area contributed by atoms with E-state index in [9.17, 15) is 0 Å². The van der Waals surface area contributed by atoms with Crippen molar-refractivity contribution < 1.29 is 0 Å². The molecule has 4 heteroatoms. The van der Waals surface area contributed by atoms with Gasteiger partial charge in [0.1, 0.15) is 5.82 Å². The fraction of sp³-hybridized carbons (Fsp3) is 0.615. The molecule has 0 fully saturated rings. The van der Waals surface area contributed by atoms with Gasteiger partial charge in [0.15, 0.2) is 0 Å². The molecule has 17 heavy (non-hydrogen) atoms. The minimum absolute atomic E-state index is 0.183. The average Bonchev–Trinajstić information content (AvgIpc) is 2.36. The van der Waals surface area contributed by atoms with Crippen molar-refractivity contribution in [3.63, 3.8) is 0 Å². The second-order valence-corrected chi connectivity index (χ2v) is 5.38. The number of halogens is 1. The van der Waals surface area contributed by atoms with Crippen molar-refractivity contribution >= 4 is 21.7 Å². The highest BCUT2D eigenvalue weighted by atomic mass is 79.9. The number of nitrogens with one attached hydrogen (secondary N) is 1. The molecule has 0 aromatic carbocycles. The molecule has 1 heterocycles.